The summed E-state index contributed by atoms with van der Waals surface area (Å²) in [5.74, 6) is -0.0890. The molecule has 5 heteroatoms. The molecule has 0 aliphatic rings. The maximum absolute atomic E-state index is 12.0. The average molecular weight is 237 g/mol. The van der Waals surface area contributed by atoms with E-state index in [1.54, 1.807) is 24.2 Å². The number of nitrogens with two attached hydrogens (primary N) is 1. The van der Waals surface area contributed by atoms with Gasteiger partial charge in [-0.3, -0.25) is 9.78 Å². The second kappa shape index (κ2) is 6.85. The minimum Gasteiger partial charge on any atom is -0.397 e. The number of rotatable bonds is 6. The van der Waals surface area contributed by atoms with Gasteiger partial charge in [-0.25, -0.2) is 0 Å². The molecule has 0 radical (unpaired) electrons. The summed E-state index contributed by atoms with van der Waals surface area (Å²) in [7, 11) is 1.75. The number of aromatic nitrogens is 1. The first kappa shape index (κ1) is 13.4. The standard InChI is InChI=1S/C12H19N3O2/c1-15(7-3-2-4-8-16)12(17)10-5-6-14-9-11(10)13/h5-6,9,16H,2-4,7-8,13H2,1H3. The van der Waals surface area contributed by atoms with E-state index >= 15 is 0 Å². The van der Waals surface area contributed by atoms with Crippen LogP contribution in [0.5, 0.6) is 0 Å². The van der Waals surface area contributed by atoms with Crippen LogP contribution in [0.25, 0.3) is 0 Å². The number of hydrogen-bond donors (Lipinski definition) is 2. The Bertz CT molecular complexity index is 369. The number of aliphatic hydroxyl groups is 1. The lowest BCUT2D eigenvalue weighted by atomic mass is 10.2. The molecule has 1 aromatic rings. The first-order chi connectivity index (χ1) is 8.16. The monoisotopic (exact) mass is 237 g/mol. The summed E-state index contributed by atoms with van der Waals surface area (Å²) in [4.78, 5) is 17.5. The van der Waals surface area contributed by atoms with Crippen molar-refractivity contribution in [2.45, 2.75) is 19.3 Å². The highest BCUT2D eigenvalue weighted by Gasteiger charge is 2.13. The van der Waals surface area contributed by atoms with E-state index in [1.807, 2.05) is 0 Å². The average Bonchev–Trinajstić information content (AvgIpc) is 2.34. The van der Waals surface area contributed by atoms with E-state index in [0.29, 0.717) is 17.8 Å². The van der Waals surface area contributed by atoms with Crippen LogP contribution in [0.1, 0.15) is 29.6 Å². The predicted molar refractivity (Wildman–Crippen MR) is 66.5 cm³/mol. The smallest absolute Gasteiger partial charge is 0.255 e. The van der Waals surface area contributed by atoms with Crippen LogP contribution in [0.3, 0.4) is 0 Å². The molecular weight excluding hydrogens is 218 g/mol. The number of nitrogen functional groups attached to an aromatic ring is 1. The van der Waals surface area contributed by atoms with Crippen molar-refractivity contribution < 1.29 is 9.90 Å². The van der Waals surface area contributed by atoms with E-state index in [1.165, 1.54) is 6.20 Å². The SMILES string of the molecule is CN(CCCCCO)C(=O)c1ccncc1N. The van der Waals surface area contributed by atoms with Crippen LogP contribution < -0.4 is 5.73 Å². The van der Waals surface area contributed by atoms with E-state index in [4.69, 9.17) is 10.8 Å². The molecule has 0 spiro atoms. The van der Waals surface area contributed by atoms with Crippen LogP contribution >= 0.6 is 0 Å². The first-order valence-electron chi connectivity index (χ1n) is 5.72. The molecule has 1 rings (SSSR count). The largest absolute Gasteiger partial charge is 0.397 e. The maximum atomic E-state index is 12.0. The van der Waals surface area contributed by atoms with Gasteiger partial charge in [0, 0.05) is 26.4 Å². The number of unbranched alkanes of at least 4 members (excludes halogenated alkanes) is 2. The third-order valence-corrected chi connectivity index (χ3v) is 2.58. The topological polar surface area (TPSA) is 79.5 Å². The Morgan fingerprint density at radius 1 is 1.47 bits per heavy atom. The van der Waals surface area contributed by atoms with E-state index in [0.717, 1.165) is 19.3 Å². The molecule has 0 aromatic carbocycles. The fourth-order valence-corrected chi connectivity index (χ4v) is 1.55. The zero-order valence-corrected chi connectivity index (χ0v) is 10.1. The molecule has 0 bridgehead atoms. The van der Waals surface area contributed by atoms with Crippen LogP contribution in [0.4, 0.5) is 5.69 Å². The molecule has 1 heterocycles. The molecular formula is C12H19N3O2. The molecule has 0 saturated heterocycles. The normalized spacial score (nSPS) is 10.2. The van der Waals surface area contributed by atoms with Crippen LogP contribution in [-0.2, 0) is 0 Å². The van der Waals surface area contributed by atoms with Crippen molar-refractivity contribution in [3.63, 3.8) is 0 Å². The van der Waals surface area contributed by atoms with E-state index in [9.17, 15) is 4.79 Å². The molecule has 0 aliphatic heterocycles. The third-order valence-electron chi connectivity index (χ3n) is 2.58. The molecule has 17 heavy (non-hydrogen) atoms. The summed E-state index contributed by atoms with van der Waals surface area (Å²) in [6, 6.07) is 1.63. The van der Waals surface area contributed by atoms with Gasteiger partial charge in [-0.2, -0.15) is 0 Å². The molecule has 0 fully saturated rings. The van der Waals surface area contributed by atoms with Crippen molar-refractivity contribution in [3.8, 4) is 0 Å². The Hall–Kier alpha value is -1.62. The second-order valence-corrected chi connectivity index (χ2v) is 3.97. The number of hydrogen-bond acceptors (Lipinski definition) is 4. The molecule has 3 N–H and O–H groups in total. The predicted octanol–water partition coefficient (Wildman–Crippen LogP) is 0.898. The highest BCUT2D eigenvalue weighted by atomic mass is 16.2. The van der Waals surface area contributed by atoms with E-state index < -0.39 is 0 Å². The van der Waals surface area contributed by atoms with Crippen molar-refractivity contribution >= 4 is 11.6 Å². The second-order valence-electron chi connectivity index (χ2n) is 3.97. The van der Waals surface area contributed by atoms with Crippen molar-refractivity contribution in [3.05, 3.63) is 24.0 Å². The van der Waals surface area contributed by atoms with Gasteiger partial charge in [-0.15, -0.1) is 0 Å². The lowest BCUT2D eigenvalue weighted by Gasteiger charge is -2.17. The summed E-state index contributed by atoms with van der Waals surface area (Å²) in [5, 5.41) is 8.65. The van der Waals surface area contributed by atoms with Gasteiger partial charge >= 0.3 is 0 Å². The van der Waals surface area contributed by atoms with Gasteiger partial charge in [-0.1, -0.05) is 0 Å². The molecule has 0 aliphatic carbocycles. The Morgan fingerprint density at radius 3 is 2.88 bits per heavy atom. The summed E-state index contributed by atoms with van der Waals surface area (Å²) in [6.45, 7) is 0.871. The minimum atomic E-state index is -0.0890. The molecule has 0 unspecified atom stereocenters. The Labute approximate surface area is 101 Å². The first-order valence-corrected chi connectivity index (χ1v) is 5.72. The third kappa shape index (κ3) is 4.03. The summed E-state index contributed by atoms with van der Waals surface area (Å²) in [6.07, 6.45) is 5.61. The zero-order chi connectivity index (χ0) is 12.7. The van der Waals surface area contributed by atoms with Gasteiger partial charge in [0.05, 0.1) is 17.4 Å². The molecule has 0 saturated carbocycles. The number of carbonyl (C=O) groups excluding carboxylic acids is 1. The highest BCUT2D eigenvalue weighted by Crippen LogP contribution is 2.11. The number of aliphatic hydroxyl groups excluding tert-OH is 1. The van der Waals surface area contributed by atoms with Gasteiger partial charge in [0.25, 0.3) is 5.91 Å². The highest BCUT2D eigenvalue weighted by molar-refractivity contribution is 5.98. The number of pyridine rings is 1. The fourth-order valence-electron chi connectivity index (χ4n) is 1.55. The number of nitrogens with zero attached hydrogens (tertiary/aromatic N) is 2. The summed E-state index contributed by atoms with van der Waals surface area (Å²) < 4.78 is 0. The van der Waals surface area contributed by atoms with Gasteiger partial charge in [-0.05, 0) is 25.3 Å². The lowest BCUT2D eigenvalue weighted by molar-refractivity contribution is 0.0793. The van der Waals surface area contributed by atoms with Gasteiger partial charge < -0.3 is 15.7 Å². The Morgan fingerprint density at radius 2 is 2.24 bits per heavy atom. The quantitative estimate of drug-likeness (QED) is 0.720. The zero-order valence-electron chi connectivity index (χ0n) is 10.1. The summed E-state index contributed by atoms with van der Waals surface area (Å²) in [5.41, 5.74) is 6.59. The van der Waals surface area contributed by atoms with Gasteiger partial charge in [0.1, 0.15) is 0 Å². The number of carbonyl (C=O) groups is 1. The molecule has 0 atom stereocenters. The van der Waals surface area contributed by atoms with Crippen LogP contribution in [0.2, 0.25) is 0 Å². The van der Waals surface area contributed by atoms with Crippen molar-refractivity contribution in [2.24, 2.45) is 0 Å². The number of anilines is 1. The van der Waals surface area contributed by atoms with Crippen LogP contribution in [0.15, 0.2) is 18.5 Å². The minimum absolute atomic E-state index is 0.0890. The van der Waals surface area contributed by atoms with Crippen molar-refractivity contribution in [2.75, 3.05) is 25.9 Å². The molecule has 1 amide bonds. The van der Waals surface area contributed by atoms with Gasteiger partial charge in [0.2, 0.25) is 0 Å². The molecule has 5 nitrogen and oxygen atoms in total. The van der Waals surface area contributed by atoms with Crippen LogP contribution in [0, 0.1) is 0 Å². The lowest BCUT2D eigenvalue weighted by Crippen LogP contribution is -2.28. The summed E-state index contributed by atoms with van der Waals surface area (Å²) >= 11 is 0. The molecule has 1 aromatic heterocycles. The Balaban J connectivity index is 2.49. The van der Waals surface area contributed by atoms with Crippen LogP contribution in [-0.4, -0.2) is 41.1 Å². The number of amides is 1. The van der Waals surface area contributed by atoms with E-state index in [-0.39, 0.29) is 12.5 Å². The molecule has 94 valence electrons. The fraction of sp³-hybridized carbons (Fsp3) is 0.500. The Kier molecular flexibility index (Phi) is 5.42. The van der Waals surface area contributed by atoms with Crippen molar-refractivity contribution in [1.29, 1.82) is 0 Å². The van der Waals surface area contributed by atoms with E-state index in [2.05, 4.69) is 4.98 Å². The van der Waals surface area contributed by atoms with Crippen molar-refractivity contribution in [1.82, 2.24) is 9.88 Å². The van der Waals surface area contributed by atoms with Gasteiger partial charge in [0.15, 0.2) is 0 Å². The maximum Gasteiger partial charge on any atom is 0.255 e.